The summed E-state index contributed by atoms with van der Waals surface area (Å²) < 4.78 is 10.7. The number of ether oxygens (including phenoxy) is 2. The molecule has 0 aromatic rings. The average molecular weight is 233 g/mol. The summed E-state index contributed by atoms with van der Waals surface area (Å²) in [6, 6.07) is 0. The van der Waals surface area contributed by atoms with Crippen LogP contribution in [0.4, 0.5) is 0 Å². The van der Waals surface area contributed by atoms with Crippen molar-refractivity contribution in [3.63, 3.8) is 0 Å². The second-order valence-electron chi connectivity index (χ2n) is 3.97. The Bertz CT molecular complexity index is 160. The molecule has 0 radical (unpaired) electrons. The zero-order valence-corrected chi connectivity index (χ0v) is 9.81. The first-order valence-corrected chi connectivity index (χ1v) is 6.00. The molecule has 1 saturated heterocycles. The largest absolute Gasteiger partial charge is 0.394 e. The molecule has 5 heteroatoms. The van der Waals surface area contributed by atoms with Gasteiger partial charge in [0.2, 0.25) is 0 Å². The molecule has 1 heterocycles. The van der Waals surface area contributed by atoms with E-state index in [-0.39, 0.29) is 13.2 Å². The van der Waals surface area contributed by atoms with Crippen molar-refractivity contribution in [1.82, 2.24) is 4.90 Å². The molecule has 0 atom stereocenters. The Hall–Kier alpha value is -0.200. The van der Waals surface area contributed by atoms with Crippen molar-refractivity contribution >= 4 is 0 Å². The molecule has 0 aromatic carbocycles. The topological polar surface area (TPSA) is 62.2 Å². The van der Waals surface area contributed by atoms with Gasteiger partial charge in [0.1, 0.15) is 0 Å². The molecule has 0 amide bonds. The first-order chi connectivity index (χ1) is 7.86. The number of hydrogen-bond acceptors (Lipinski definition) is 5. The van der Waals surface area contributed by atoms with Crippen molar-refractivity contribution in [2.75, 3.05) is 52.7 Å². The lowest BCUT2D eigenvalue weighted by Crippen LogP contribution is -2.39. The Balaban J connectivity index is 1.98. The third kappa shape index (κ3) is 5.77. The van der Waals surface area contributed by atoms with Crippen molar-refractivity contribution in [2.24, 2.45) is 0 Å². The van der Waals surface area contributed by atoms with Crippen LogP contribution in [0.5, 0.6) is 0 Å². The molecule has 1 rings (SSSR count). The second kappa shape index (κ2) is 8.90. The van der Waals surface area contributed by atoms with E-state index in [0.29, 0.717) is 25.9 Å². The molecule has 1 fully saturated rings. The highest BCUT2D eigenvalue weighted by Gasteiger charge is 2.18. The van der Waals surface area contributed by atoms with Crippen molar-refractivity contribution in [3.05, 3.63) is 0 Å². The fourth-order valence-corrected chi connectivity index (χ4v) is 1.88. The van der Waals surface area contributed by atoms with Gasteiger partial charge in [-0.3, -0.25) is 0 Å². The fraction of sp³-hybridized carbons (Fsp3) is 1.00. The quantitative estimate of drug-likeness (QED) is 0.552. The predicted octanol–water partition coefficient (Wildman–Crippen LogP) is -0.531. The minimum atomic E-state index is 0.0943. The second-order valence-corrected chi connectivity index (χ2v) is 3.97. The van der Waals surface area contributed by atoms with E-state index in [9.17, 15) is 0 Å². The van der Waals surface area contributed by atoms with Gasteiger partial charge in [0.15, 0.2) is 0 Å². The van der Waals surface area contributed by atoms with Crippen LogP contribution in [0.1, 0.15) is 12.8 Å². The van der Waals surface area contributed by atoms with Crippen molar-refractivity contribution < 1.29 is 19.7 Å². The van der Waals surface area contributed by atoms with Gasteiger partial charge in [0.05, 0.1) is 39.1 Å². The molecule has 1 aliphatic rings. The molecular formula is C11H23NO4. The van der Waals surface area contributed by atoms with Crippen LogP contribution in [-0.4, -0.2) is 73.9 Å². The Morgan fingerprint density at radius 2 is 1.69 bits per heavy atom. The first-order valence-electron chi connectivity index (χ1n) is 6.00. The Morgan fingerprint density at radius 1 is 1.00 bits per heavy atom. The van der Waals surface area contributed by atoms with E-state index >= 15 is 0 Å². The smallest absolute Gasteiger partial charge is 0.0701 e. The third-order valence-corrected chi connectivity index (χ3v) is 2.77. The van der Waals surface area contributed by atoms with Gasteiger partial charge in [0.25, 0.3) is 0 Å². The molecule has 2 N–H and O–H groups in total. The number of piperidine rings is 1. The van der Waals surface area contributed by atoms with Crippen LogP contribution in [0.25, 0.3) is 0 Å². The monoisotopic (exact) mass is 233 g/mol. The average Bonchev–Trinajstić information content (AvgIpc) is 2.33. The molecule has 0 saturated carbocycles. The lowest BCUT2D eigenvalue weighted by Gasteiger charge is -2.31. The van der Waals surface area contributed by atoms with E-state index in [1.54, 1.807) is 0 Å². The molecule has 0 spiro atoms. The molecular weight excluding hydrogens is 210 g/mol. The third-order valence-electron chi connectivity index (χ3n) is 2.77. The summed E-state index contributed by atoms with van der Waals surface area (Å²) in [5.74, 6) is 0. The van der Waals surface area contributed by atoms with Crippen LogP contribution < -0.4 is 0 Å². The maximum Gasteiger partial charge on any atom is 0.0701 e. The summed E-state index contributed by atoms with van der Waals surface area (Å²) in [7, 11) is 0. The van der Waals surface area contributed by atoms with Gasteiger partial charge in [-0.15, -0.1) is 0 Å². The Kier molecular flexibility index (Phi) is 7.71. The molecule has 5 nitrogen and oxygen atoms in total. The van der Waals surface area contributed by atoms with E-state index in [1.807, 2.05) is 0 Å². The normalized spacial score (nSPS) is 19.1. The highest BCUT2D eigenvalue weighted by atomic mass is 16.5. The van der Waals surface area contributed by atoms with Crippen LogP contribution in [0.2, 0.25) is 0 Å². The number of nitrogens with zero attached hydrogens (tertiary/aromatic N) is 1. The number of rotatable bonds is 8. The van der Waals surface area contributed by atoms with Gasteiger partial charge < -0.3 is 24.6 Å². The summed E-state index contributed by atoms with van der Waals surface area (Å²) >= 11 is 0. The summed E-state index contributed by atoms with van der Waals surface area (Å²) in [5.41, 5.74) is 0. The Morgan fingerprint density at radius 3 is 2.31 bits per heavy atom. The minimum absolute atomic E-state index is 0.0943. The Labute approximate surface area is 97.0 Å². The van der Waals surface area contributed by atoms with E-state index < -0.39 is 0 Å². The van der Waals surface area contributed by atoms with Gasteiger partial charge >= 0.3 is 0 Å². The molecule has 0 aliphatic carbocycles. The SMILES string of the molecule is OCCOCCN1CCC(OCCO)CC1. The zero-order valence-electron chi connectivity index (χ0n) is 9.81. The molecule has 0 unspecified atom stereocenters. The van der Waals surface area contributed by atoms with Crippen molar-refractivity contribution in [2.45, 2.75) is 18.9 Å². The highest BCUT2D eigenvalue weighted by molar-refractivity contribution is 4.72. The predicted molar refractivity (Wildman–Crippen MR) is 60.4 cm³/mol. The summed E-state index contributed by atoms with van der Waals surface area (Å²) in [6.07, 6.45) is 2.36. The van der Waals surface area contributed by atoms with Gasteiger partial charge in [-0.2, -0.15) is 0 Å². The van der Waals surface area contributed by atoms with E-state index in [1.165, 1.54) is 0 Å². The van der Waals surface area contributed by atoms with Crippen molar-refractivity contribution in [1.29, 1.82) is 0 Å². The fourth-order valence-electron chi connectivity index (χ4n) is 1.88. The number of hydrogen-bond donors (Lipinski definition) is 2. The van der Waals surface area contributed by atoms with Crippen LogP contribution in [-0.2, 0) is 9.47 Å². The number of aliphatic hydroxyl groups excluding tert-OH is 2. The maximum atomic E-state index is 8.64. The van der Waals surface area contributed by atoms with E-state index in [4.69, 9.17) is 19.7 Å². The zero-order chi connectivity index (χ0) is 11.6. The maximum absolute atomic E-state index is 8.64. The lowest BCUT2D eigenvalue weighted by atomic mass is 10.1. The number of aliphatic hydroxyl groups is 2. The van der Waals surface area contributed by atoms with Gasteiger partial charge in [-0.1, -0.05) is 0 Å². The van der Waals surface area contributed by atoms with Crippen LogP contribution >= 0.6 is 0 Å². The first kappa shape index (κ1) is 13.9. The van der Waals surface area contributed by atoms with Gasteiger partial charge in [-0.05, 0) is 12.8 Å². The standard InChI is InChI=1S/C11H23NO4/c13-6-9-15-8-5-12-3-1-11(2-4-12)16-10-7-14/h11,13-14H,1-10H2. The molecule has 1 aliphatic heterocycles. The van der Waals surface area contributed by atoms with Crippen LogP contribution in [0.3, 0.4) is 0 Å². The molecule has 0 bridgehead atoms. The van der Waals surface area contributed by atoms with E-state index in [0.717, 1.165) is 32.5 Å². The van der Waals surface area contributed by atoms with Crippen molar-refractivity contribution in [3.8, 4) is 0 Å². The lowest BCUT2D eigenvalue weighted by molar-refractivity contribution is -0.0132. The minimum Gasteiger partial charge on any atom is -0.394 e. The van der Waals surface area contributed by atoms with Gasteiger partial charge in [-0.25, -0.2) is 0 Å². The van der Waals surface area contributed by atoms with Gasteiger partial charge in [0, 0.05) is 19.6 Å². The van der Waals surface area contributed by atoms with Crippen LogP contribution in [0, 0.1) is 0 Å². The number of likely N-dealkylation sites (tertiary alicyclic amines) is 1. The summed E-state index contributed by atoms with van der Waals surface area (Å²) in [6.45, 7) is 4.74. The summed E-state index contributed by atoms with van der Waals surface area (Å²) in [5, 5.41) is 17.2. The highest BCUT2D eigenvalue weighted by Crippen LogP contribution is 2.12. The molecule has 16 heavy (non-hydrogen) atoms. The van der Waals surface area contributed by atoms with E-state index in [2.05, 4.69) is 4.90 Å². The molecule has 0 aromatic heterocycles. The summed E-state index contributed by atoms with van der Waals surface area (Å²) in [4.78, 5) is 2.34. The molecule has 96 valence electrons. The van der Waals surface area contributed by atoms with Crippen LogP contribution in [0.15, 0.2) is 0 Å².